The Morgan fingerprint density at radius 1 is 0.897 bits per heavy atom. The normalized spacial score (nSPS) is 10.3. The van der Waals surface area contributed by atoms with Crippen molar-refractivity contribution in [2.45, 2.75) is 6.54 Å². The van der Waals surface area contributed by atoms with Crippen LogP contribution in [0.15, 0.2) is 66.7 Å². The molecule has 2 amide bonds. The van der Waals surface area contributed by atoms with Crippen molar-refractivity contribution in [2.24, 2.45) is 0 Å². The smallest absolute Gasteiger partial charge is 0.257 e. The molecule has 0 spiro atoms. The summed E-state index contributed by atoms with van der Waals surface area (Å²) >= 11 is 12.0. The lowest BCUT2D eigenvalue weighted by atomic mass is 10.1. The van der Waals surface area contributed by atoms with Gasteiger partial charge in [0.1, 0.15) is 5.75 Å². The predicted molar refractivity (Wildman–Crippen MR) is 115 cm³/mol. The summed E-state index contributed by atoms with van der Waals surface area (Å²) in [6.07, 6.45) is 0. The van der Waals surface area contributed by atoms with Crippen molar-refractivity contribution in [3.63, 3.8) is 0 Å². The molecule has 0 heterocycles. The van der Waals surface area contributed by atoms with Crippen LogP contribution in [0, 0.1) is 0 Å². The number of methoxy groups -OCH3 is 1. The zero-order chi connectivity index (χ0) is 20.8. The Labute approximate surface area is 178 Å². The van der Waals surface area contributed by atoms with Crippen LogP contribution >= 0.6 is 23.2 Å². The van der Waals surface area contributed by atoms with Crippen molar-refractivity contribution in [3.8, 4) is 5.75 Å². The number of carbonyl (C=O) groups is 2. The van der Waals surface area contributed by atoms with Crippen LogP contribution in [0.25, 0.3) is 0 Å². The van der Waals surface area contributed by atoms with Gasteiger partial charge in [0.2, 0.25) is 0 Å². The molecular formula is C22H18Cl2N2O3. The van der Waals surface area contributed by atoms with Gasteiger partial charge in [-0.3, -0.25) is 9.59 Å². The summed E-state index contributed by atoms with van der Waals surface area (Å²) in [6.45, 7) is 0.321. The number of nitrogens with one attached hydrogen (secondary N) is 2. The van der Waals surface area contributed by atoms with Crippen molar-refractivity contribution >= 4 is 40.7 Å². The maximum Gasteiger partial charge on any atom is 0.257 e. The number of halogens is 2. The number of benzene rings is 3. The molecule has 3 rings (SSSR count). The topological polar surface area (TPSA) is 67.4 Å². The van der Waals surface area contributed by atoms with Gasteiger partial charge in [-0.1, -0.05) is 47.5 Å². The van der Waals surface area contributed by atoms with E-state index in [2.05, 4.69) is 10.6 Å². The van der Waals surface area contributed by atoms with E-state index in [4.69, 9.17) is 27.9 Å². The fourth-order valence-electron chi connectivity index (χ4n) is 2.71. The van der Waals surface area contributed by atoms with Gasteiger partial charge in [-0.15, -0.1) is 0 Å². The number of amides is 2. The molecule has 2 N–H and O–H groups in total. The minimum atomic E-state index is -0.431. The van der Waals surface area contributed by atoms with Gasteiger partial charge < -0.3 is 15.4 Å². The van der Waals surface area contributed by atoms with E-state index in [-0.39, 0.29) is 16.5 Å². The lowest BCUT2D eigenvalue weighted by Gasteiger charge is -2.12. The van der Waals surface area contributed by atoms with Crippen LogP contribution in [0.4, 0.5) is 5.69 Å². The summed E-state index contributed by atoms with van der Waals surface area (Å²) < 4.78 is 5.19. The quantitative estimate of drug-likeness (QED) is 0.567. The summed E-state index contributed by atoms with van der Waals surface area (Å²) in [5, 5.41) is 6.25. The highest BCUT2D eigenvalue weighted by molar-refractivity contribution is 6.37. The molecule has 5 nitrogen and oxygen atoms in total. The zero-order valence-corrected chi connectivity index (χ0v) is 17.1. The molecule has 0 saturated heterocycles. The van der Waals surface area contributed by atoms with Crippen LogP contribution in [0.1, 0.15) is 26.3 Å². The lowest BCUT2D eigenvalue weighted by Crippen LogP contribution is -2.25. The third-order valence-corrected chi connectivity index (χ3v) is 4.73. The first-order valence-electron chi connectivity index (χ1n) is 8.74. The van der Waals surface area contributed by atoms with Gasteiger partial charge in [-0.2, -0.15) is 0 Å². The van der Waals surface area contributed by atoms with Gasteiger partial charge in [-0.25, -0.2) is 0 Å². The monoisotopic (exact) mass is 428 g/mol. The molecule has 29 heavy (non-hydrogen) atoms. The summed E-state index contributed by atoms with van der Waals surface area (Å²) in [5.41, 5.74) is 1.88. The highest BCUT2D eigenvalue weighted by Crippen LogP contribution is 2.23. The minimum Gasteiger partial charge on any atom is -0.497 e. The number of hydrogen-bond acceptors (Lipinski definition) is 3. The maximum absolute atomic E-state index is 12.7. The summed E-state index contributed by atoms with van der Waals surface area (Å²) in [4.78, 5) is 25.3. The Kier molecular flexibility index (Phi) is 6.75. The second-order valence-corrected chi connectivity index (χ2v) is 7.00. The number of anilines is 1. The van der Waals surface area contributed by atoms with Crippen molar-refractivity contribution < 1.29 is 14.3 Å². The largest absolute Gasteiger partial charge is 0.497 e. The first-order chi connectivity index (χ1) is 14.0. The molecule has 0 aliphatic carbocycles. The van der Waals surface area contributed by atoms with Gasteiger partial charge >= 0.3 is 0 Å². The second kappa shape index (κ2) is 9.45. The third kappa shape index (κ3) is 5.28. The van der Waals surface area contributed by atoms with Crippen molar-refractivity contribution in [1.82, 2.24) is 5.32 Å². The number of para-hydroxylation sites is 1. The Hall–Kier alpha value is -3.02. The Balaban J connectivity index is 1.74. The van der Waals surface area contributed by atoms with E-state index >= 15 is 0 Å². The SMILES string of the molecule is COc1cccc(CNC(=O)c2ccccc2NC(=O)c2ccc(Cl)cc2Cl)c1. The van der Waals surface area contributed by atoms with Gasteiger partial charge in [0.05, 0.1) is 28.9 Å². The van der Waals surface area contributed by atoms with E-state index in [9.17, 15) is 9.59 Å². The first-order valence-corrected chi connectivity index (χ1v) is 9.50. The molecule has 3 aromatic rings. The molecule has 3 aromatic carbocycles. The molecule has 0 atom stereocenters. The Morgan fingerprint density at radius 2 is 1.69 bits per heavy atom. The van der Waals surface area contributed by atoms with Crippen molar-refractivity contribution in [2.75, 3.05) is 12.4 Å². The molecule has 0 aliphatic rings. The van der Waals surface area contributed by atoms with Gasteiger partial charge in [0, 0.05) is 11.6 Å². The standard InChI is InChI=1S/C22H18Cl2N2O3/c1-29-16-6-4-5-14(11-16)13-25-21(27)18-7-2-3-8-20(18)26-22(28)17-10-9-15(23)12-19(17)24/h2-12H,13H2,1H3,(H,25,27)(H,26,28). The van der Waals surface area contributed by atoms with Crippen molar-refractivity contribution in [1.29, 1.82) is 0 Å². The molecule has 0 aliphatic heterocycles. The molecule has 7 heteroatoms. The van der Waals surface area contributed by atoms with Gasteiger partial charge in [0.15, 0.2) is 0 Å². The average molecular weight is 429 g/mol. The average Bonchev–Trinajstić information content (AvgIpc) is 2.72. The second-order valence-electron chi connectivity index (χ2n) is 6.16. The van der Waals surface area contributed by atoms with E-state index in [1.165, 1.54) is 12.1 Å². The van der Waals surface area contributed by atoms with Crippen LogP contribution in [0.3, 0.4) is 0 Å². The number of ether oxygens (including phenoxy) is 1. The fraction of sp³-hybridized carbons (Fsp3) is 0.0909. The van der Waals surface area contributed by atoms with Gasteiger partial charge in [0.25, 0.3) is 11.8 Å². The first kappa shape index (κ1) is 20.7. The van der Waals surface area contributed by atoms with Crippen LogP contribution < -0.4 is 15.4 Å². The number of carbonyl (C=O) groups excluding carboxylic acids is 2. The minimum absolute atomic E-state index is 0.231. The third-order valence-electron chi connectivity index (χ3n) is 4.18. The molecule has 148 valence electrons. The Bertz CT molecular complexity index is 1050. The van der Waals surface area contributed by atoms with E-state index in [0.29, 0.717) is 28.6 Å². The van der Waals surface area contributed by atoms with Crippen LogP contribution in [0.2, 0.25) is 10.0 Å². The zero-order valence-electron chi connectivity index (χ0n) is 15.5. The summed E-state index contributed by atoms with van der Waals surface area (Å²) in [6, 6.07) is 18.8. The van der Waals surface area contributed by atoms with Crippen LogP contribution in [0.5, 0.6) is 5.75 Å². The van der Waals surface area contributed by atoms with E-state index in [1.54, 1.807) is 37.4 Å². The maximum atomic E-state index is 12.7. The molecule has 0 unspecified atom stereocenters. The number of rotatable bonds is 6. The fourth-order valence-corrected chi connectivity index (χ4v) is 3.21. The molecule has 0 fully saturated rings. The predicted octanol–water partition coefficient (Wildman–Crippen LogP) is 5.18. The molecular weight excluding hydrogens is 411 g/mol. The van der Waals surface area contributed by atoms with E-state index < -0.39 is 5.91 Å². The molecule has 0 bridgehead atoms. The van der Waals surface area contributed by atoms with Crippen LogP contribution in [-0.4, -0.2) is 18.9 Å². The molecule has 0 aromatic heterocycles. The van der Waals surface area contributed by atoms with Crippen LogP contribution in [-0.2, 0) is 6.54 Å². The Morgan fingerprint density at radius 3 is 2.45 bits per heavy atom. The molecule has 0 radical (unpaired) electrons. The van der Waals surface area contributed by atoms with Gasteiger partial charge in [-0.05, 0) is 48.0 Å². The molecule has 0 saturated carbocycles. The lowest BCUT2D eigenvalue weighted by molar-refractivity contribution is 0.0951. The van der Waals surface area contributed by atoms with E-state index in [0.717, 1.165) is 5.56 Å². The number of hydrogen-bond donors (Lipinski definition) is 2. The van der Waals surface area contributed by atoms with E-state index in [1.807, 2.05) is 24.3 Å². The van der Waals surface area contributed by atoms with Crippen molar-refractivity contribution in [3.05, 3.63) is 93.5 Å². The summed E-state index contributed by atoms with van der Waals surface area (Å²) in [7, 11) is 1.59. The highest BCUT2D eigenvalue weighted by Gasteiger charge is 2.16. The highest BCUT2D eigenvalue weighted by atomic mass is 35.5. The summed E-state index contributed by atoms with van der Waals surface area (Å²) in [5.74, 6) is -0.0325.